The van der Waals surface area contributed by atoms with E-state index in [1.165, 1.54) is 29.7 Å². The lowest BCUT2D eigenvalue weighted by molar-refractivity contribution is -0.192. The fourth-order valence-corrected chi connectivity index (χ4v) is 7.41. The van der Waals surface area contributed by atoms with Crippen molar-refractivity contribution in [2.24, 2.45) is 5.92 Å². The lowest BCUT2D eigenvalue weighted by Gasteiger charge is -2.25. The summed E-state index contributed by atoms with van der Waals surface area (Å²) in [6.07, 6.45) is -4.01. The number of aryl methyl sites for hydroxylation is 1. The van der Waals surface area contributed by atoms with E-state index in [1.807, 2.05) is 37.3 Å². The number of carbonyl (C=O) groups excluding carboxylic acids is 1. The standard InChI is InChI=1S/C24H27N3O7S2.C2HF3O2/c1-16-13-17(20-5-3-4-6-22(20)25-16)14-34-18-7-9-19(10-8-18)36(32,33)15-23-21(24(28)26-29)11-12-27(23)35(2,30)31;3-2(4,5)1(6)7/h3-10,13,21,23,29H,11-12,14-15H2,1-2H3,(H,26,28);(H,6,7)/t21-,23-;/m0./s1. The molecular formula is C26H28F3N3O9S2. The zero-order valence-electron chi connectivity index (χ0n) is 22.8. The number of benzene rings is 2. The highest BCUT2D eigenvalue weighted by molar-refractivity contribution is 7.91. The SMILES string of the molecule is Cc1cc(COc2ccc(S(=O)(=O)C[C@H]3[C@@H](C(=O)NO)CCN3S(C)(=O)=O)cc2)c2ccccc2n1.O=C(O)C(F)(F)F. The highest BCUT2D eigenvalue weighted by Crippen LogP contribution is 2.30. The molecule has 1 saturated heterocycles. The molecule has 234 valence electrons. The van der Waals surface area contributed by atoms with Crippen LogP contribution in [0.5, 0.6) is 5.75 Å². The Labute approximate surface area is 245 Å². The molecule has 2 atom stereocenters. The van der Waals surface area contributed by atoms with Crippen molar-refractivity contribution in [1.82, 2.24) is 14.8 Å². The van der Waals surface area contributed by atoms with Crippen LogP contribution in [-0.2, 0) is 36.1 Å². The predicted molar refractivity (Wildman–Crippen MR) is 146 cm³/mol. The first-order valence-corrected chi connectivity index (χ1v) is 16.0. The fraction of sp³-hybridized carbons (Fsp3) is 0.346. The maximum atomic E-state index is 13.1. The van der Waals surface area contributed by atoms with Gasteiger partial charge in [-0.05, 0) is 49.7 Å². The van der Waals surface area contributed by atoms with Crippen molar-refractivity contribution in [1.29, 1.82) is 0 Å². The Kier molecular flexibility index (Phi) is 10.4. The number of carboxylic acids is 1. The van der Waals surface area contributed by atoms with Gasteiger partial charge < -0.3 is 9.84 Å². The molecule has 1 amide bonds. The number of nitrogens with one attached hydrogen (secondary N) is 1. The van der Waals surface area contributed by atoms with Crippen molar-refractivity contribution in [3.63, 3.8) is 0 Å². The summed E-state index contributed by atoms with van der Waals surface area (Å²) in [6.45, 7) is 2.16. The van der Waals surface area contributed by atoms with E-state index in [1.54, 1.807) is 0 Å². The van der Waals surface area contributed by atoms with Crippen molar-refractivity contribution in [2.45, 2.75) is 37.1 Å². The molecular weight excluding hydrogens is 619 g/mol. The number of sulfonamides is 1. The van der Waals surface area contributed by atoms with Gasteiger partial charge in [0.25, 0.3) is 0 Å². The molecule has 3 N–H and O–H groups in total. The number of alkyl halides is 3. The quantitative estimate of drug-likeness (QED) is 0.243. The zero-order valence-corrected chi connectivity index (χ0v) is 24.4. The number of nitrogens with zero attached hydrogens (tertiary/aromatic N) is 2. The van der Waals surface area contributed by atoms with Crippen molar-refractivity contribution in [3.05, 3.63) is 65.9 Å². The maximum Gasteiger partial charge on any atom is 0.490 e. The summed E-state index contributed by atoms with van der Waals surface area (Å²) in [5, 5.41) is 17.1. The van der Waals surface area contributed by atoms with Crippen LogP contribution in [0.25, 0.3) is 10.9 Å². The van der Waals surface area contributed by atoms with Crippen molar-refractivity contribution < 1.29 is 54.6 Å². The van der Waals surface area contributed by atoms with E-state index in [0.29, 0.717) is 5.75 Å². The smallest absolute Gasteiger partial charge is 0.489 e. The third-order valence-electron chi connectivity index (χ3n) is 6.51. The lowest BCUT2D eigenvalue weighted by atomic mass is 10.0. The minimum Gasteiger partial charge on any atom is -0.489 e. The molecule has 1 aromatic heterocycles. The van der Waals surface area contributed by atoms with E-state index in [-0.39, 0.29) is 24.5 Å². The largest absolute Gasteiger partial charge is 0.490 e. The second-order valence-electron chi connectivity index (χ2n) is 9.60. The minimum atomic E-state index is -5.08. The highest BCUT2D eigenvalue weighted by atomic mass is 32.2. The summed E-state index contributed by atoms with van der Waals surface area (Å²) in [6, 6.07) is 14.4. The Morgan fingerprint density at radius 3 is 2.26 bits per heavy atom. The average molecular weight is 648 g/mol. The monoisotopic (exact) mass is 647 g/mol. The Morgan fingerprint density at radius 1 is 1.09 bits per heavy atom. The van der Waals surface area contributed by atoms with Gasteiger partial charge in [-0.2, -0.15) is 17.5 Å². The number of ether oxygens (including phenoxy) is 1. The number of aromatic nitrogens is 1. The van der Waals surface area contributed by atoms with Gasteiger partial charge >= 0.3 is 12.1 Å². The van der Waals surface area contributed by atoms with Gasteiger partial charge in [0.05, 0.1) is 34.4 Å². The molecule has 0 unspecified atom stereocenters. The number of fused-ring (bicyclic) bond motifs is 1. The van der Waals surface area contributed by atoms with Gasteiger partial charge in [0.15, 0.2) is 9.84 Å². The third-order valence-corrected chi connectivity index (χ3v) is 9.58. The van der Waals surface area contributed by atoms with Gasteiger partial charge in [-0.3, -0.25) is 15.0 Å². The number of para-hydroxylation sites is 1. The van der Waals surface area contributed by atoms with Crippen molar-refractivity contribution >= 4 is 42.6 Å². The lowest BCUT2D eigenvalue weighted by Crippen LogP contribution is -2.45. The number of hydroxylamine groups is 1. The van der Waals surface area contributed by atoms with Crippen LogP contribution in [-0.4, -0.2) is 79.1 Å². The first-order chi connectivity index (χ1) is 19.9. The summed E-state index contributed by atoms with van der Waals surface area (Å²) in [7, 11) is -7.72. The molecule has 1 aliphatic rings. The van der Waals surface area contributed by atoms with Gasteiger partial charge in [0, 0.05) is 23.2 Å². The summed E-state index contributed by atoms with van der Waals surface area (Å²) >= 11 is 0. The van der Waals surface area contributed by atoms with Crippen LogP contribution in [0.1, 0.15) is 17.7 Å². The molecule has 0 aliphatic carbocycles. The first-order valence-electron chi connectivity index (χ1n) is 12.5. The number of hydrogen-bond donors (Lipinski definition) is 3. The van der Waals surface area contributed by atoms with E-state index in [2.05, 4.69) is 4.98 Å². The average Bonchev–Trinajstić information content (AvgIpc) is 3.34. The molecule has 3 aromatic rings. The number of carbonyl (C=O) groups is 2. The van der Waals surface area contributed by atoms with Crippen LogP contribution in [0, 0.1) is 12.8 Å². The maximum absolute atomic E-state index is 13.1. The summed E-state index contributed by atoms with van der Waals surface area (Å²) in [5.74, 6) is -4.69. The van der Waals surface area contributed by atoms with Crippen LogP contribution in [0.4, 0.5) is 13.2 Å². The highest BCUT2D eigenvalue weighted by Gasteiger charge is 2.45. The Bertz CT molecular complexity index is 1700. The van der Waals surface area contributed by atoms with E-state index < -0.39 is 55.6 Å². The number of sulfone groups is 1. The Hall–Kier alpha value is -3.80. The molecule has 12 nitrogen and oxygen atoms in total. The van der Waals surface area contributed by atoms with E-state index in [4.69, 9.17) is 19.8 Å². The number of amides is 1. The van der Waals surface area contributed by atoms with E-state index >= 15 is 0 Å². The number of carboxylic acid groups (broad SMARTS) is 1. The normalized spacial score (nSPS) is 17.6. The Morgan fingerprint density at radius 2 is 1.70 bits per heavy atom. The summed E-state index contributed by atoms with van der Waals surface area (Å²) in [4.78, 5) is 25.4. The second-order valence-corrected chi connectivity index (χ2v) is 13.6. The molecule has 0 radical (unpaired) electrons. The zero-order chi connectivity index (χ0) is 32.2. The van der Waals surface area contributed by atoms with Gasteiger partial charge in [0.2, 0.25) is 15.9 Å². The topological polar surface area (TPSA) is 180 Å². The van der Waals surface area contributed by atoms with Gasteiger partial charge in [-0.15, -0.1) is 0 Å². The van der Waals surface area contributed by atoms with Crippen LogP contribution in [0.15, 0.2) is 59.5 Å². The summed E-state index contributed by atoms with van der Waals surface area (Å²) in [5.41, 5.74) is 4.18. The van der Waals surface area contributed by atoms with Gasteiger partial charge in [-0.1, -0.05) is 18.2 Å². The van der Waals surface area contributed by atoms with Crippen LogP contribution >= 0.6 is 0 Å². The molecule has 1 fully saturated rings. The van der Waals surface area contributed by atoms with Crippen LogP contribution in [0.3, 0.4) is 0 Å². The minimum absolute atomic E-state index is 0.00690. The molecule has 2 heterocycles. The number of pyridine rings is 1. The van der Waals surface area contributed by atoms with Gasteiger partial charge in [0.1, 0.15) is 12.4 Å². The van der Waals surface area contributed by atoms with Crippen molar-refractivity contribution in [3.8, 4) is 5.75 Å². The Balaban J connectivity index is 0.000000646. The number of halogens is 3. The molecule has 43 heavy (non-hydrogen) atoms. The van der Waals surface area contributed by atoms with Crippen LogP contribution in [0.2, 0.25) is 0 Å². The van der Waals surface area contributed by atoms with Crippen LogP contribution < -0.4 is 10.2 Å². The fourth-order valence-electron chi connectivity index (χ4n) is 4.56. The molecule has 1 aliphatic heterocycles. The molecule has 17 heteroatoms. The van der Waals surface area contributed by atoms with Crippen molar-refractivity contribution in [2.75, 3.05) is 18.6 Å². The number of hydrogen-bond acceptors (Lipinski definition) is 9. The number of aliphatic carboxylic acids is 1. The molecule has 0 bridgehead atoms. The third kappa shape index (κ3) is 8.62. The molecule has 4 rings (SSSR count). The molecule has 2 aromatic carbocycles. The molecule has 0 spiro atoms. The molecule has 0 saturated carbocycles. The van der Waals surface area contributed by atoms with Gasteiger partial charge in [-0.25, -0.2) is 27.1 Å². The van der Waals surface area contributed by atoms with E-state index in [0.717, 1.165) is 32.7 Å². The number of rotatable bonds is 8. The summed E-state index contributed by atoms with van der Waals surface area (Å²) < 4.78 is 89.2. The second kappa shape index (κ2) is 13.2. The predicted octanol–water partition coefficient (Wildman–Crippen LogP) is 2.68. The van der Waals surface area contributed by atoms with E-state index in [9.17, 15) is 34.8 Å². The first kappa shape index (κ1) is 33.7.